The lowest BCUT2D eigenvalue weighted by Gasteiger charge is -1.98. The average Bonchev–Trinajstić information content (AvgIpc) is 1.98. The van der Waals surface area contributed by atoms with Crippen molar-refractivity contribution in [2.75, 3.05) is 5.75 Å². The summed E-state index contributed by atoms with van der Waals surface area (Å²) in [6.45, 7) is 4.32. The van der Waals surface area contributed by atoms with Crippen LogP contribution in [0.3, 0.4) is 0 Å². The molecule has 1 unspecified atom stereocenters. The number of nitrogens with two attached hydrogens (primary N) is 1. The molecule has 1 nitrogen and oxygen atoms in total. The summed E-state index contributed by atoms with van der Waals surface area (Å²) < 4.78 is 0. The second-order valence-corrected chi connectivity index (χ2v) is 3.32. The van der Waals surface area contributed by atoms with Crippen LogP contribution in [0.15, 0.2) is 10.6 Å². The van der Waals surface area contributed by atoms with Crippen molar-refractivity contribution in [2.24, 2.45) is 11.7 Å². The topological polar surface area (TPSA) is 26.0 Å². The summed E-state index contributed by atoms with van der Waals surface area (Å²) in [6.07, 6.45) is 0. The minimum atomic E-state index is 0.708. The van der Waals surface area contributed by atoms with Gasteiger partial charge in [-0.1, -0.05) is 6.92 Å². The van der Waals surface area contributed by atoms with Gasteiger partial charge in [0.25, 0.3) is 0 Å². The molecule has 0 spiro atoms. The molecular weight excluding hydrogens is 118 g/mol. The Labute approximate surface area is 54.3 Å². The van der Waals surface area contributed by atoms with Crippen molar-refractivity contribution < 1.29 is 0 Å². The van der Waals surface area contributed by atoms with Gasteiger partial charge in [-0.05, 0) is 18.4 Å². The minimum Gasteiger partial charge on any atom is -0.394 e. The van der Waals surface area contributed by atoms with Crippen LogP contribution in [-0.2, 0) is 0 Å². The Morgan fingerprint density at radius 2 is 2.38 bits per heavy atom. The molecule has 46 valence electrons. The first-order valence-corrected chi connectivity index (χ1v) is 3.79. The van der Waals surface area contributed by atoms with E-state index in [2.05, 4.69) is 13.8 Å². The number of allylic oxidation sites excluding steroid dienone is 1. The maximum atomic E-state index is 5.61. The summed E-state index contributed by atoms with van der Waals surface area (Å²) in [5.41, 5.74) is 6.98. The zero-order valence-electron chi connectivity index (χ0n) is 5.27. The van der Waals surface area contributed by atoms with Gasteiger partial charge in [-0.25, -0.2) is 0 Å². The van der Waals surface area contributed by atoms with Crippen LogP contribution in [-0.4, -0.2) is 5.75 Å². The van der Waals surface area contributed by atoms with E-state index >= 15 is 0 Å². The van der Waals surface area contributed by atoms with Crippen molar-refractivity contribution in [3.8, 4) is 0 Å². The van der Waals surface area contributed by atoms with Crippen LogP contribution in [0.1, 0.15) is 13.8 Å². The molecule has 1 aliphatic heterocycles. The van der Waals surface area contributed by atoms with Crippen molar-refractivity contribution >= 4 is 11.8 Å². The zero-order chi connectivity index (χ0) is 6.15. The highest BCUT2D eigenvalue weighted by molar-refractivity contribution is 8.03. The van der Waals surface area contributed by atoms with Crippen molar-refractivity contribution in [1.82, 2.24) is 0 Å². The number of rotatable bonds is 0. The quantitative estimate of drug-likeness (QED) is 0.537. The van der Waals surface area contributed by atoms with E-state index in [1.54, 1.807) is 11.8 Å². The first-order chi connectivity index (χ1) is 3.72. The van der Waals surface area contributed by atoms with Gasteiger partial charge >= 0.3 is 0 Å². The van der Waals surface area contributed by atoms with Gasteiger partial charge in [0.2, 0.25) is 0 Å². The fourth-order valence-electron chi connectivity index (χ4n) is 0.696. The lowest BCUT2D eigenvalue weighted by Crippen LogP contribution is -1.94. The molecule has 0 aromatic heterocycles. The molecule has 0 aliphatic carbocycles. The van der Waals surface area contributed by atoms with Gasteiger partial charge in [-0.15, -0.1) is 11.8 Å². The van der Waals surface area contributed by atoms with Crippen molar-refractivity contribution in [1.29, 1.82) is 0 Å². The lowest BCUT2D eigenvalue weighted by molar-refractivity contribution is 0.793. The van der Waals surface area contributed by atoms with Crippen LogP contribution in [0.4, 0.5) is 0 Å². The molecule has 8 heavy (non-hydrogen) atoms. The summed E-state index contributed by atoms with van der Waals surface area (Å²) in [5, 5.41) is 1.04. The summed E-state index contributed by atoms with van der Waals surface area (Å²) >= 11 is 1.77. The first kappa shape index (κ1) is 6.02. The highest BCUT2D eigenvalue weighted by atomic mass is 32.2. The molecule has 0 bridgehead atoms. The summed E-state index contributed by atoms with van der Waals surface area (Å²) in [7, 11) is 0. The second kappa shape index (κ2) is 2.02. The fourth-order valence-corrected chi connectivity index (χ4v) is 1.80. The molecule has 0 aromatic rings. The third-order valence-electron chi connectivity index (χ3n) is 1.62. The summed E-state index contributed by atoms with van der Waals surface area (Å²) in [5.74, 6) is 1.89. The first-order valence-electron chi connectivity index (χ1n) is 2.81. The highest BCUT2D eigenvalue weighted by Crippen LogP contribution is 2.31. The van der Waals surface area contributed by atoms with Gasteiger partial charge in [-0.2, -0.15) is 0 Å². The average molecular weight is 129 g/mol. The van der Waals surface area contributed by atoms with Crippen LogP contribution in [0.5, 0.6) is 0 Å². The maximum absolute atomic E-state index is 5.61. The summed E-state index contributed by atoms with van der Waals surface area (Å²) in [6, 6.07) is 0. The van der Waals surface area contributed by atoms with Crippen molar-refractivity contribution in [3.05, 3.63) is 10.6 Å². The maximum Gasteiger partial charge on any atom is 0.0647 e. The number of thioether (sulfide) groups is 1. The van der Waals surface area contributed by atoms with Gasteiger partial charge < -0.3 is 5.73 Å². The Hall–Kier alpha value is -0.110. The zero-order valence-corrected chi connectivity index (χ0v) is 6.09. The van der Waals surface area contributed by atoms with E-state index in [9.17, 15) is 0 Å². The third-order valence-corrected chi connectivity index (χ3v) is 2.92. The van der Waals surface area contributed by atoms with E-state index in [0.29, 0.717) is 5.92 Å². The van der Waals surface area contributed by atoms with Crippen LogP contribution < -0.4 is 5.73 Å². The Kier molecular flexibility index (Phi) is 1.52. The monoisotopic (exact) mass is 129 g/mol. The second-order valence-electron chi connectivity index (χ2n) is 2.26. The van der Waals surface area contributed by atoms with Gasteiger partial charge in [0, 0.05) is 5.75 Å². The van der Waals surface area contributed by atoms with Gasteiger partial charge in [0.15, 0.2) is 0 Å². The lowest BCUT2D eigenvalue weighted by atomic mass is 10.1. The smallest absolute Gasteiger partial charge is 0.0647 e. The van der Waals surface area contributed by atoms with E-state index in [-0.39, 0.29) is 0 Å². The number of hydrogen-bond donors (Lipinski definition) is 1. The Balaban J connectivity index is 2.71. The normalized spacial score (nSPS) is 29.5. The molecule has 0 aromatic carbocycles. The SMILES string of the molecule is CC1=C(N)SCC1C. The van der Waals surface area contributed by atoms with Crippen molar-refractivity contribution in [3.63, 3.8) is 0 Å². The number of hydrogen-bond acceptors (Lipinski definition) is 2. The van der Waals surface area contributed by atoms with E-state index < -0.39 is 0 Å². The van der Waals surface area contributed by atoms with Crippen LogP contribution in [0, 0.1) is 5.92 Å². The molecule has 1 heterocycles. The minimum absolute atomic E-state index is 0.708. The Bertz CT molecular complexity index is 128. The van der Waals surface area contributed by atoms with Crippen LogP contribution in [0.25, 0.3) is 0 Å². The van der Waals surface area contributed by atoms with Gasteiger partial charge in [0.05, 0.1) is 5.03 Å². The molecule has 0 fully saturated rings. The van der Waals surface area contributed by atoms with Crippen LogP contribution >= 0.6 is 11.8 Å². The molecule has 2 heteroatoms. The van der Waals surface area contributed by atoms with Gasteiger partial charge in [-0.3, -0.25) is 0 Å². The Morgan fingerprint density at radius 1 is 1.75 bits per heavy atom. The third kappa shape index (κ3) is 0.848. The molecule has 1 aliphatic rings. The molecule has 2 N–H and O–H groups in total. The molecule has 0 radical (unpaired) electrons. The van der Waals surface area contributed by atoms with E-state index in [0.717, 1.165) is 5.03 Å². The highest BCUT2D eigenvalue weighted by Gasteiger charge is 2.15. The molecule has 0 saturated carbocycles. The standard InChI is InChI=1S/C6H11NS/c1-4-3-8-6(7)5(4)2/h4H,3,7H2,1-2H3. The molecule has 1 rings (SSSR count). The fraction of sp³-hybridized carbons (Fsp3) is 0.667. The predicted octanol–water partition coefficient (Wildman–Crippen LogP) is 1.56. The largest absolute Gasteiger partial charge is 0.394 e. The summed E-state index contributed by atoms with van der Waals surface area (Å²) in [4.78, 5) is 0. The predicted molar refractivity (Wildman–Crippen MR) is 38.5 cm³/mol. The Morgan fingerprint density at radius 3 is 2.50 bits per heavy atom. The van der Waals surface area contributed by atoms with E-state index in [4.69, 9.17) is 5.73 Å². The molecule has 0 amide bonds. The van der Waals surface area contributed by atoms with Crippen LogP contribution in [0.2, 0.25) is 0 Å². The van der Waals surface area contributed by atoms with E-state index in [1.165, 1.54) is 11.3 Å². The molecule has 0 saturated heterocycles. The van der Waals surface area contributed by atoms with Gasteiger partial charge in [0.1, 0.15) is 0 Å². The molecule has 1 atom stereocenters. The van der Waals surface area contributed by atoms with E-state index in [1.807, 2.05) is 0 Å². The molecular formula is C6H11NS. The van der Waals surface area contributed by atoms with Crippen molar-refractivity contribution in [2.45, 2.75) is 13.8 Å².